The van der Waals surface area contributed by atoms with Gasteiger partial charge in [-0.1, -0.05) is 26.2 Å². The predicted molar refractivity (Wildman–Crippen MR) is 92.3 cm³/mol. The molecule has 1 atom stereocenters. The van der Waals surface area contributed by atoms with Crippen LogP contribution in [-0.4, -0.2) is 60.3 Å². The molecule has 2 aliphatic rings. The molecule has 128 valence electrons. The minimum absolute atomic E-state index is 0.518. The Hall–Kier alpha value is -0.810. The Balaban J connectivity index is 1.84. The first-order chi connectivity index (χ1) is 10.7. The molecular weight excluding hydrogens is 276 g/mol. The lowest BCUT2D eigenvalue weighted by Crippen LogP contribution is -2.46. The second-order valence-corrected chi connectivity index (χ2v) is 6.79. The van der Waals surface area contributed by atoms with Crippen LogP contribution in [-0.2, 0) is 0 Å². The summed E-state index contributed by atoms with van der Waals surface area (Å²) in [5.74, 6) is 0.851. The lowest BCUT2D eigenvalue weighted by atomic mass is 9.85. The van der Waals surface area contributed by atoms with Gasteiger partial charge in [0.25, 0.3) is 0 Å². The molecule has 1 saturated heterocycles. The second kappa shape index (κ2) is 8.73. The molecule has 0 aromatic heterocycles. The smallest absolute Gasteiger partial charge is 0.191 e. The van der Waals surface area contributed by atoms with Crippen molar-refractivity contribution in [3.63, 3.8) is 0 Å². The molecule has 0 aromatic rings. The van der Waals surface area contributed by atoms with Gasteiger partial charge in [-0.2, -0.15) is 0 Å². The highest BCUT2D eigenvalue weighted by Crippen LogP contribution is 2.28. The average Bonchev–Trinajstić information content (AvgIpc) is 2.98. The normalized spacial score (nSPS) is 26.1. The Morgan fingerprint density at radius 3 is 2.64 bits per heavy atom. The quantitative estimate of drug-likeness (QED) is 0.516. The largest absolute Gasteiger partial charge is 0.388 e. The summed E-state index contributed by atoms with van der Waals surface area (Å²) in [6.45, 7) is 8.97. The van der Waals surface area contributed by atoms with Gasteiger partial charge in [-0.3, -0.25) is 9.89 Å². The average molecular weight is 310 g/mol. The molecule has 2 fully saturated rings. The molecule has 3 N–H and O–H groups in total. The number of nitrogens with one attached hydrogen (secondary N) is 2. The van der Waals surface area contributed by atoms with Gasteiger partial charge in [0, 0.05) is 19.1 Å². The van der Waals surface area contributed by atoms with Crippen LogP contribution in [0.25, 0.3) is 0 Å². The van der Waals surface area contributed by atoms with E-state index in [1.165, 1.54) is 25.8 Å². The van der Waals surface area contributed by atoms with Crippen LogP contribution >= 0.6 is 0 Å². The van der Waals surface area contributed by atoms with Gasteiger partial charge in [0.2, 0.25) is 0 Å². The Morgan fingerprint density at radius 2 is 1.95 bits per heavy atom. The van der Waals surface area contributed by atoms with Crippen molar-refractivity contribution in [1.82, 2.24) is 15.5 Å². The number of likely N-dealkylation sites (tertiary alicyclic amines) is 1. The Bertz CT molecular complexity index is 353. The zero-order valence-corrected chi connectivity index (χ0v) is 14.4. The lowest BCUT2D eigenvalue weighted by molar-refractivity contribution is 0.0131. The first-order valence-corrected chi connectivity index (χ1v) is 9.15. The van der Waals surface area contributed by atoms with Gasteiger partial charge in [0.05, 0.1) is 12.1 Å². The van der Waals surface area contributed by atoms with E-state index in [9.17, 15) is 5.11 Å². The lowest BCUT2D eigenvalue weighted by Gasteiger charge is -2.31. The maximum atomic E-state index is 10.6. The molecule has 1 saturated carbocycles. The summed E-state index contributed by atoms with van der Waals surface area (Å²) < 4.78 is 0. The zero-order chi connectivity index (χ0) is 15.8. The molecule has 0 amide bonds. The summed E-state index contributed by atoms with van der Waals surface area (Å²) in [7, 11) is 0. The molecule has 1 aliphatic carbocycles. The fourth-order valence-electron chi connectivity index (χ4n) is 3.69. The first-order valence-electron chi connectivity index (χ1n) is 9.15. The third-order valence-corrected chi connectivity index (χ3v) is 5.07. The highest BCUT2D eigenvalue weighted by molar-refractivity contribution is 5.79. The monoisotopic (exact) mass is 310 g/mol. The van der Waals surface area contributed by atoms with Crippen LogP contribution < -0.4 is 10.6 Å². The molecule has 22 heavy (non-hydrogen) atoms. The fourth-order valence-corrected chi connectivity index (χ4v) is 3.69. The van der Waals surface area contributed by atoms with Crippen LogP contribution in [0.2, 0.25) is 0 Å². The Labute approximate surface area is 135 Å². The zero-order valence-electron chi connectivity index (χ0n) is 14.4. The van der Waals surface area contributed by atoms with Crippen LogP contribution in [0, 0.1) is 0 Å². The SMILES string of the molecule is CCNC(=NCC1(O)CCCCC1)NCC1CCCN1CC. The molecule has 0 spiro atoms. The molecular formula is C17H34N4O. The van der Waals surface area contributed by atoms with Gasteiger partial charge < -0.3 is 15.7 Å². The number of aliphatic imine (C=N–C) groups is 1. The summed E-state index contributed by atoms with van der Waals surface area (Å²) >= 11 is 0. The number of hydrogen-bond donors (Lipinski definition) is 3. The van der Waals surface area contributed by atoms with Crippen LogP contribution in [0.4, 0.5) is 0 Å². The van der Waals surface area contributed by atoms with Crippen molar-refractivity contribution >= 4 is 5.96 Å². The summed E-state index contributed by atoms with van der Waals surface area (Å²) in [5.41, 5.74) is -0.580. The minimum atomic E-state index is -0.580. The summed E-state index contributed by atoms with van der Waals surface area (Å²) in [6, 6.07) is 0.617. The first kappa shape index (κ1) is 17.5. The van der Waals surface area contributed by atoms with E-state index in [1.54, 1.807) is 0 Å². The Morgan fingerprint density at radius 1 is 1.18 bits per heavy atom. The van der Waals surface area contributed by atoms with Crippen molar-refractivity contribution in [1.29, 1.82) is 0 Å². The van der Waals surface area contributed by atoms with Gasteiger partial charge in [0.15, 0.2) is 5.96 Å². The number of hydrogen-bond acceptors (Lipinski definition) is 3. The summed E-state index contributed by atoms with van der Waals surface area (Å²) in [4.78, 5) is 7.18. The molecule has 0 radical (unpaired) electrons. The topological polar surface area (TPSA) is 59.9 Å². The van der Waals surface area contributed by atoms with Crippen molar-refractivity contribution in [3.05, 3.63) is 0 Å². The summed E-state index contributed by atoms with van der Waals surface area (Å²) in [6.07, 6.45) is 7.86. The molecule has 1 aliphatic heterocycles. The van der Waals surface area contributed by atoms with E-state index < -0.39 is 5.60 Å². The van der Waals surface area contributed by atoms with Gasteiger partial charge in [0.1, 0.15) is 0 Å². The molecule has 5 nitrogen and oxygen atoms in total. The molecule has 2 rings (SSSR count). The van der Waals surface area contributed by atoms with Gasteiger partial charge in [-0.25, -0.2) is 0 Å². The van der Waals surface area contributed by atoms with Crippen LogP contribution in [0.3, 0.4) is 0 Å². The van der Waals surface area contributed by atoms with Gasteiger partial charge in [-0.15, -0.1) is 0 Å². The van der Waals surface area contributed by atoms with Crippen LogP contribution in [0.1, 0.15) is 58.8 Å². The van der Waals surface area contributed by atoms with E-state index in [-0.39, 0.29) is 0 Å². The van der Waals surface area contributed by atoms with Crippen LogP contribution in [0.5, 0.6) is 0 Å². The number of likely N-dealkylation sites (N-methyl/N-ethyl adjacent to an activating group) is 1. The summed E-state index contributed by atoms with van der Waals surface area (Å²) in [5, 5.41) is 17.4. The van der Waals surface area contributed by atoms with Crippen molar-refractivity contribution < 1.29 is 5.11 Å². The number of guanidine groups is 1. The maximum Gasteiger partial charge on any atom is 0.191 e. The van der Waals surface area contributed by atoms with E-state index in [2.05, 4.69) is 34.4 Å². The third kappa shape index (κ3) is 5.13. The molecule has 1 heterocycles. The van der Waals surface area contributed by atoms with E-state index in [0.717, 1.165) is 51.3 Å². The third-order valence-electron chi connectivity index (χ3n) is 5.07. The molecule has 1 unspecified atom stereocenters. The van der Waals surface area contributed by atoms with E-state index in [1.807, 2.05) is 0 Å². The second-order valence-electron chi connectivity index (χ2n) is 6.79. The predicted octanol–water partition coefficient (Wildman–Crippen LogP) is 1.72. The van der Waals surface area contributed by atoms with Crippen molar-refractivity contribution in [3.8, 4) is 0 Å². The molecule has 5 heteroatoms. The maximum absolute atomic E-state index is 10.6. The van der Waals surface area contributed by atoms with Crippen molar-refractivity contribution in [2.24, 2.45) is 4.99 Å². The fraction of sp³-hybridized carbons (Fsp3) is 0.941. The standard InChI is InChI=1S/C17H34N4O/c1-3-18-16(19-13-15-9-8-12-21(15)4-2)20-14-17(22)10-6-5-7-11-17/h15,22H,3-14H2,1-2H3,(H2,18,19,20). The van der Waals surface area contributed by atoms with Crippen LogP contribution in [0.15, 0.2) is 4.99 Å². The van der Waals surface area contributed by atoms with Gasteiger partial charge >= 0.3 is 0 Å². The van der Waals surface area contributed by atoms with Gasteiger partial charge in [-0.05, 0) is 45.7 Å². The number of aliphatic hydroxyl groups is 1. The highest BCUT2D eigenvalue weighted by Gasteiger charge is 2.29. The van der Waals surface area contributed by atoms with E-state index in [0.29, 0.717) is 12.6 Å². The number of rotatable bonds is 6. The van der Waals surface area contributed by atoms with Crippen molar-refractivity contribution in [2.75, 3.05) is 32.7 Å². The van der Waals surface area contributed by atoms with E-state index >= 15 is 0 Å². The molecule has 0 aromatic carbocycles. The minimum Gasteiger partial charge on any atom is -0.388 e. The van der Waals surface area contributed by atoms with E-state index in [4.69, 9.17) is 0 Å². The number of nitrogens with zero attached hydrogens (tertiary/aromatic N) is 2. The van der Waals surface area contributed by atoms with Crippen molar-refractivity contribution in [2.45, 2.75) is 70.4 Å². The highest BCUT2D eigenvalue weighted by atomic mass is 16.3. The molecule has 0 bridgehead atoms. The Kier molecular flexibility index (Phi) is 6.96.